The summed E-state index contributed by atoms with van der Waals surface area (Å²) in [4.78, 5) is 22.9. The molecule has 0 saturated heterocycles. The number of cyclic esters (lactones) is 1. The van der Waals surface area contributed by atoms with Crippen LogP contribution in [0.5, 0.6) is 0 Å². The molecule has 7 N–H and O–H groups in total. The summed E-state index contributed by atoms with van der Waals surface area (Å²) in [5, 5.41) is 65.2. The smallest absolute Gasteiger partial charge is 0.378 e. The molecular formula is C12H18O11. The summed E-state index contributed by atoms with van der Waals surface area (Å²) < 4.78 is 9.00. The molecule has 6 atom stereocenters. The highest BCUT2D eigenvalue weighted by Crippen LogP contribution is 2.25. The Kier molecular flexibility index (Phi) is 6.44. The number of hydrogen-bond acceptors (Lipinski definition) is 11. The third-order valence-electron chi connectivity index (χ3n) is 3.08. The summed E-state index contributed by atoms with van der Waals surface area (Å²) in [5.41, 5.74) is 0. The Bertz CT molecular complexity index is 485. The van der Waals surface area contributed by atoms with Crippen molar-refractivity contribution in [1.29, 1.82) is 0 Å². The van der Waals surface area contributed by atoms with Gasteiger partial charge in [-0.3, -0.25) is 0 Å². The maximum Gasteiger partial charge on any atom is 0.378 e. The lowest BCUT2D eigenvalue weighted by molar-refractivity contribution is -0.167. The van der Waals surface area contributed by atoms with Gasteiger partial charge < -0.3 is 45.2 Å². The number of aliphatic hydroxyl groups excluding tert-OH is 7. The van der Waals surface area contributed by atoms with E-state index in [1.165, 1.54) is 0 Å². The zero-order valence-corrected chi connectivity index (χ0v) is 11.9. The Labute approximate surface area is 129 Å². The van der Waals surface area contributed by atoms with Gasteiger partial charge in [-0.15, -0.1) is 0 Å². The van der Waals surface area contributed by atoms with Gasteiger partial charge in [-0.2, -0.15) is 0 Å². The first kappa shape index (κ1) is 19.3. The fourth-order valence-electron chi connectivity index (χ4n) is 1.70. The minimum atomic E-state index is -2.33. The first-order valence-corrected chi connectivity index (χ1v) is 6.48. The third kappa shape index (κ3) is 4.16. The van der Waals surface area contributed by atoms with Gasteiger partial charge in [-0.05, 0) is 6.92 Å². The zero-order chi connectivity index (χ0) is 17.9. The van der Waals surface area contributed by atoms with E-state index in [9.17, 15) is 35.1 Å². The number of carbonyl (C=O) groups is 2. The van der Waals surface area contributed by atoms with E-state index in [2.05, 4.69) is 9.47 Å². The maximum atomic E-state index is 11.7. The number of ether oxygens (including phenoxy) is 2. The molecule has 0 aromatic carbocycles. The Morgan fingerprint density at radius 2 is 1.78 bits per heavy atom. The molecular weight excluding hydrogens is 320 g/mol. The Morgan fingerprint density at radius 3 is 2.26 bits per heavy atom. The molecule has 0 amide bonds. The van der Waals surface area contributed by atoms with Gasteiger partial charge in [0.05, 0.1) is 12.7 Å². The van der Waals surface area contributed by atoms with Crippen LogP contribution >= 0.6 is 0 Å². The van der Waals surface area contributed by atoms with Crippen molar-refractivity contribution in [3.05, 3.63) is 11.5 Å². The summed E-state index contributed by atoms with van der Waals surface area (Å²) in [7, 11) is 0. The van der Waals surface area contributed by atoms with Gasteiger partial charge in [0.1, 0.15) is 18.3 Å². The van der Waals surface area contributed by atoms with Crippen molar-refractivity contribution in [2.24, 2.45) is 0 Å². The van der Waals surface area contributed by atoms with E-state index >= 15 is 0 Å². The predicted octanol–water partition coefficient (Wildman–Crippen LogP) is -3.96. The molecule has 1 rings (SSSR count). The van der Waals surface area contributed by atoms with Crippen LogP contribution in [-0.4, -0.2) is 90.9 Å². The fourth-order valence-corrected chi connectivity index (χ4v) is 1.70. The van der Waals surface area contributed by atoms with Crippen molar-refractivity contribution in [1.82, 2.24) is 0 Å². The van der Waals surface area contributed by atoms with E-state index in [-0.39, 0.29) is 0 Å². The average Bonchev–Trinajstić information content (AvgIpc) is 2.79. The average molecular weight is 338 g/mol. The molecule has 0 aromatic heterocycles. The summed E-state index contributed by atoms with van der Waals surface area (Å²) in [6.07, 6.45) is -11.2. The van der Waals surface area contributed by atoms with Crippen molar-refractivity contribution in [3.63, 3.8) is 0 Å². The Balaban J connectivity index is 2.87. The van der Waals surface area contributed by atoms with Gasteiger partial charge in [-0.1, -0.05) is 0 Å². The molecule has 0 bridgehead atoms. The van der Waals surface area contributed by atoms with Crippen LogP contribution in [0.4, 0.5) is 0 Å². The van der Waals surface area contributed by atoms with E-state index < -0.39 is 66.7 Å². The largest absolute Gasteiger partial charge is 0.499 e. The van der Waals surface area contributed by atoms with Crippen LogP contribution < -0.4 is 0 Å². The number of aliphatic hydroxyl groups is 7. The highest BCUT2D eigenvalue weighted by molar-refractivity contribution is 5.90. The van der Waals surface area contributed by atoms with Crippen molar-refractivity contribution in [2.75, 3.05) is 6.61 Å². The molecule has 0 fully saturated rings. The molecule has 23 heavy (non-hydrogen) atoms. The standard InChI is InChI=1S/C12H18O11/c1-3(14)5(16)6(17)7(18)11(20)23-10-8(19)12(21)22-9(10)4(15)2-13/h3-7,9,13-19H,2H2,1H3/t3-,4+,5-,6+,7-,9-/m1/s1. The Hall–Kier alpha value is -1.76. The molecule has 1 aliphatic rings. The Morgan fingerprint density at radius 1 is 1.22 bits per heavy atom. The number of hydrogen-bond donors (Lipinski definition) is 7. The van der Waals surface area contributed by atoms with Gasteiger partial charge in [-0.25, -0.2) is 9.59 Å². The second-order valence-corrected chi connectivity index (χ2v) is 4.88. The van der Waals surface area contributed by atoms with Crippen LogP contribution in [0.15, 0.2) is 11.5 Å². The van der Waals surface area contributed by atoms with Gasteiger partial charge in [0.2, 0.25) is 11.5 Å². The number of carbonyl (C=O) groups excluding carboxylic acids is 2. The molecule has 0 aliphatic carbocycles. The van der Waals surface area contributed by atoms with Crippen molar-refractivity contribution in [3.8, 4) is 0 Å². The topological polar surface area (TPSA) is 194 Å². The quantitative estimate of drug-likeness (QED) is 0.224. The second kappa shape index (κ2) is 7.68. The monoisotopic (exact) mass is 338 g/mol. The van der Waals surface area contributed by atoms with Crippen LogP contribution in [0, 0.1) is 0 Å². The highest BCUT2D eigenvalue weighted by Gasteiger charge is 2.43. The van der Waals surface area contributed by atoms with Crippen LogP contribution in [0.3, 0.4) is 0 Å². The molecule has 1 heterocycles. The maximum absolute atomic E-state index is 11.7. The summed E-state index contributed by atoms with van der Waals surface area (Å²) in [6, 6.07) is 0. The van der Waals surface area contributed by atoms with E-state index in [1.807, 2.05) is 0 Å². The molecule has 132 valence electrons. The van der Waals surface area contributed by atoms with Crippen molar-refractivity contribution in [2.45, 2.75) is 43.5 Å². The SMILES string of the molecule is C[C@@H](O)[C@@H](O)[C@H](O)[C@@H](O)C(=O)OC1=C(O)C(=O)O[C@@H]1[C@@H](O)CO. The van der Waals surface area contributed by atoms with Crippen LogP contribution in [-0.2, 0) is 19.1 Å². The lowest BCUT2D eigenvalue weighted by atomic mass is 10.0. The molecule has 0 unspecified atom stereocenters. The first-order valence-electron chi connectivity index (χ1n) is 6.48. The van der Waals surface area contributed by atoms with Crippen molar-refractivity contribution >= 4 is 11.9 Å². The molecule has 11 heteroatoms. The lowest BCUT2D eigenvalue weighted by Crippen LogP contribution is -2.47. The van der Waals surface area contributed by atoms with E-state index in [0.717, 1.165) is 6.92 Å². The predicted molar refractivity (Wildman–Crippen MR) is 68.4 cm³/mol. The van der Waals surface area contributed by atoms with Crippen LogP contribution in [0.25, 0.3) is 0 Å². The lowest BCUT2D eigenvalue weighted by Gasteiger charge is -2.24. The summed E-state index contributed by atoms with van der Waals surface area (Å²) in [5.74, 6) is -4.94. The van der Waals surface area contributed by atoms with Gasteiger partial charge in [0, 0.05) is 0 Å². The molecule has 1 aliphatic heterocycles. The second-order valence-electron chi connectivity index (χ2n) is 4.88. The highest BCUT2D eigenvalue weighted by atomic mass is 16.6. The molecule has 0 saturated carbocycles. The van der Waals surface area contributed by atoms with E-state index in [1.54, 1.807) is 0 Å². The van der Waals surface area contributed by atoms with Crippen LogP contribution in [0.1, 0.15) is 6.92 Å². The summed E-state index contributed by atoms with van der Waals surface area (Å²) >= 11 is 0. The molecule has 0 spiro atoms. The first-order chi connectivity index (χ1) is 10.6. The molecule has 11 nitrogen and oxygen atoms in total. The fraction of sp³-hybridized carbons (Fsp3) is 0.667. The number of esters is 2. The minimum absolute atomic E-state index is 0.862. The van der Waals surface area contributed by atoms with E-state index in [4.69, 9.17) is 10.2 Å². The van der Waals surface area contributed by atoms with Gasteiger partial charge >= 0.3 is 11.9 Å². The van der Waals surface area contributed by atoms with Crippen molar-refractivity contribution < 1.29 is 54.8 Å². The van der Waals surface area contributed by atoms with Crippen LogP contribution in [0.2, 0.25) is 0 Å². The summed E-state index contributed by atoms with van der Waals surface area (Å²) in [6.45, 7) is 0.204. The third-order valence-corrected chi connectivity index (χ3v) is 3.08. The van der Waals surface area contributed by atoms with E-state index in [0.29, 0.717) is 0 Å². The molecule has 0 radical (unpaired) electrons. The zero-order valence-electron chi connectivity index (χ0n) is 11.9. The normalized spacial score (nSPS) is 24.7. The number of rotatable bonds is 7. The van der Waals surface area contributed by atoms with Gasteiger partial charge in [0.15, 0.2) is 12.2 Å². The van der Waals surface area contributed by atoms with Gasteiger partial charge in [0.25, 0.3) is 0 Å². The molecule has 0 aromatic rings. The minimum Gasteiger partial charge on any atom is -0.499 e.